The minimum Gasteiger partial charge on any atom is -0.450 e. The van der Waals surface area contributed by atoms with Crippen LogP contribution in [-0.4, -0.2) is 76.7 Å². The van der Waals surface area contributed by atoms with Gasteiger partial charge in [0.05, 0.1) is 26.7 Å². The first-order valence-electron chi connectivity index (χ1n) is 6.83. The quantitative estimate of drug-likeness (QED) is 0.620. The van der Waals surface area contributed by atoms with Crippen molar-refractivity contribution in [3.05, 3.63) is 0 Å². The molecule has 3 amide bonds. The van der Waals surface area contributed by atoms with Gasteiger partial charge in [0.25, 0.3) is 0 Å². The molecule has 0 spiro atoms. The molecule has 22 heavy (non-hydrogen) atoms. The van der Waals surface area contributed by atoms with Crippen molar-refractivity contribution < 1.29 is 23.9 Å². The van der Waals surface area contributed by atoms with Gasteiger partial charge in [0.2, 0.25) is 17.7 Å². The zero-order valence-electron chi connectivity index (χ0n) is 13.4. The summed E-state index contributed by atoms with van der Waals surface area (Å²) in [6, 6.07) is 0. The molecular weight excluding hydrogens is 292 g/mol. The molecule has 1 heterocycles. The third kappa shape index (κ3) is 5.32. The van der Waals surface area contributed by atoms with Crippen molar-refractivity contribution in [3.8, 4) is 0 Å². The fourth-order valence-electron chi connectivity index (χ4n) is 1.94. The summed E-state index contributed by atoms with van der Waals surface area (Å²) in [6.07, 6.45) is 0. The Bertz CT molecular complexity index is 441. The number of amides is 3. The van der Waals surface area contributed by atoms with Crippen LogP contribution in [0.2, 0.25) is 0 Å². The molecule has 0 aromatic rings. The molecule has 0 radical (unpaired) electrons. The van der Waals surface area contributed by atoms with E-state index >= 15 is 0 Å². The molecule has 0 unspecified atom stereocenters. The minimum atomic E-state index is -0.448. The molecule has 0 aromatic heterocycles. The highest BCUT2D eigenvalue weighted by molar-refractivity contribution is 5.77. The van der Waals surface area contributed by atoms with Crippen LogP contribution in [0.15, 0.2) is 0 Å². The normalized spacial score (nSPS) is 16.8. The van der Waals surface area contributed by atoms with Gasteiger partial charge in [-0.3, -0.25) is 19.2 Å². The fourth-order valence-corrected chi connectivity index (χ4v) is 1.94. The maximum absolute atomic E-state index is 11.7. The Kier molecular flexibility index (Phi) is 6.29. The molecule has 1 rings (SSSR count). The van der Waals surface area contributed by atoms with E-state index in [2.05, 4.69) is 0 Å². The van der Waals surface area contributed by atoms with Crippen LogP contribution in [0.3, 0.4) is 0 Å². The molecule has 0 saturated carbocycles. The molecule has 1 aliphatic heterocycles. The summed E-state index contributed by atoms with van der Waals surface area (Å²) in [5, 5.41) is 0. The van der Waals surface area contributed by atoms with Gasteiger partial charge in [0, 0.05) is 27.7 Å². The lowest BCUT2D eigenvalue weighted by Gasteiger charge is -2.41. The van der Waals surface area contributed by atoms with Crippen LogP contribution in [-0.2, 0) is 23.9 Å². The zero-order chi connectivity index (χ0) is 16.9. The molecule has 1 aliphatic rings. The minimum absolute atomic E-state index is 0.0387. The van der Waals surface area contributed by atoms with Crippen LogP contribution in [0.4, 0.5) is 0 Å². The Hall–Kier alpha value is -2.16. The van der Waals surface area contributed by atoms with E-state index in [0.29, 0.717) is 0 Å². The SMILES string of the molecule is CC(=O)OCN1CN(C(C)=O)CN(C(C)=O)CN(C(C)=O)C1. The average molecular weight is 314 g/mol. The van der Waals surface area contributed by atoms with Gasteiger partial charge in [-0.2, -0.15) is 0 Å². The topological polar surface area (TPSA) is 90.5 Å². The summed E-state index contributed by atoms with van der Waals surface area (Å²) in [4.78, 5) is 52.0. The largest absolute Gasteiger partial charge is 0.450 e. The number of hydrogen-bond donors (Lipinski definition) is 0. The lowest BCUT2D eigenvalue weighted by molar-refractivity contribution is -0.158. The van der Waals surface area contributed by atoms with Gasteiger partial charge in [0.1, 0.15) is 6.73 Å². The highest BCUT2D eigenvalue weighted by atomic mass is 16.5. The second kappa shape index (κ2) is 7.74. The third-order valence-electron chi connectivity index (χ3n) is 3.21. The predicted molar refractivity (Wildman–Crippen MR) is 75.5 cm³/mol. The van der Waals surface area contributed by atoms with Crippen molar-refractivity contribution in [1.82, 2.24) is 19.6 Å². The highest BCUT2D eigenvalue weighted by Gasteiger charge is 2.27. The van der Waals surface area contributed by atoms with Gasteiger partial charge >= 0.3 is 5.97 Å². The summed E-state index contributed by atoms with van der Waals surface area (Å²) < 4.78 is 4.94. The number of carbonyl (C=O) groups excluding carboxylic acids is 4. The third-order valence-corrected chi connectivity index (χ3v) is 3.21. The van der Waals surface area contributed by atoms with Crippen LogP contribution in [0, 0.1) is 0 Å². The molecule has 0 atom stereocenters. The number of esters is 1. The molecule has 9 nitrogen and oxygen atoms in total. The zero-order valence-corrected chi connectivity index (χ0v) is 13.4. The summed E-state index contributed by atoms with van der Waals surface area (Å²) in [5.74, 6) is -1.10. The van der Waals surface area contributed by atoms with E-state index in [4.69, 9.17) is 4.74 Å². The van der Waals surface area contributed by atoms with Crippen molar-refractivity contribution in [2.75, 3.05) is 33.4 Å². The van der Waals surface area contributed by atoms with Gasteiger partial charge in [-0.15, -0.1) is 0 Å². The van der Waals surface area contributed by atoms with E-state index in [1.165, 1.54) is 42.4 Å². The number of rotatable bonds is 2. The Balaban J connectivity index is 2.92. The van der Waals surface area contributed by atoms with E-state index in [9.17, 15) is 19.2 Å². The van der Waals surface area contributed by atoms with Crippen LogP contribution in [0.5, 0.6) is 0 Å². The lowest BCUT2D eigenvalue weighted by atomic mass is 10.4. The highest BCUT2D eigenvalue weighted by Crippen LogP contribution is 2.08. The molecule has 0 aromatic carbocycles. The predicted octanol–water partition coefficient (Wildman–Crippen LogP) is -0.802. The molecule has 9 heteroatoms. The standard InChI is InChI=1S/C13H22N4O5/c1-10(18)15-5-14(9-22-13(4)21)6-16(11(2)19)8-17(7-15)12(3)20/h5-9H2,1-4H3. The van der Waals surface area contributed by atoms with Gasteiger partial charge < -0.3 is 19.4 Å². The molecule has 0 aliphatic carbocycles. The maximum Gasteiger partial charge on any atom is 0.303 e. The van der Waals surface area contributed by atoms with Crippen LogP contribution in [0.1, 0.15) is 27.7 Å². The van der Waals surface area contributed by atoms with E-state index in [0.717, 1.165) is 0 Å². The first-order chi connectivity index (χ1) is 10.2. The first-order valence-corrected chi connectivity index (χ1v) is 6.83. The van der Waals surface area contributed by atoms with E-state index in [1.807, 2.05) is 0 Å². The van der Waals surface area contributed by atoms with Crippen LogP contribution in [0.25, 0.3) is 0 Å². The molecule has 124 valence electrons. The molecule has 1 fully saturated rings. The lowest BCUT2D eigenvalue weighted by Crippen LogP contribution is -2.57. The Morgan fingerprint density at radius 2 is 1.09 bits per heavy atom. The van der Waals surface area contributed by atoms with Crippen molar-refractivity contribution in [1.29, 1.82) is 0 Å². The van der Waals surface area contributed by atoms with Gasteiger partial charge in [0.15, 0.2) is 0 Å². The van der Waals surface area contributed by atoms with Crippen LogP contribution < -0.4 is 0 Å². The first kappa shape index (κ1) is 17.9. The summed E-state index contributed by atoms with van der Waals surface area (Å²) in [6.45, 7) is 5.87. The number of carbonyl (C=O) groups is 4. The van der Waals surface area contributed by atoms with E-state index in [1.54, 1.807) is 4.90 Å². The Labute approximate surface area is 129 Å². The molecule has 0 bridgehead atoms. The van der Waals surface area contributed by atoms with Crippen molar-refractivity contribution in [2.24, 2.45) is 0 Å². The molecular formula is C13H22N4O5. The summed E-state index contributed by atoms with van der Waals surface area (Å²) in [7, 11) is 0. The van der Waals surface area contributed by atoms with Crippen LogP contribution >= 0.6 is 0 Å². The Morgan fingerprint density at radius 3 is 1.41 bits per heavy atom. The number of hydrogen-bond acceptors (Lipinski definition) is 6. The monoisotopic (exact) mass is 314 g/mol. The molecule has 0 N–H and O–H groups in total. The fraction of sp³-hybridized carbons (Fsp3) is 0.692. The second-order valence-electron chi connectivity index (χ2n) is 5.18. The van der Waals surface area contributed by atoms with Crippen molar-refractivity contribution in [2.45, 2.75) is 27.7 Å². The van der Waals surface area contributed by atoms with E-state index < -0.39 is 5.97 Å². The summed E-state index contributed by atoms with van der Waals surface area (Å²) >= 11 is 0. The summed E-state index contributed by atoms with van der Waals surface area (Å²) in [5.41, 5.74) is 0. The van der Waals surface area contributed by atoms with Gasteiger partial charge in [-0.25, -0.2) is 4.90 Å². The van der Waals surface area contributed by atoms with E-state index in [-0.39, 0.29) is 51.1 Å². The molecule has 1 saturated heterocycles. The van der Waals surface area contributed by atoms with Crippen molar-refractivity contribution in [3.63, 3.8) is 0 Å². The number of ether oxygens (including phenoxy) is 1. The second-order valence-corrected chi connectivity index (χ2v) is 5.18. The van der Waals surface area contributed by atoms with Gasteiger partial charge in [-0.1, -0.05) is 0 Å². The van der Waals surface area contributed by atoms with Gasteiger partial charge in [-0.05, 0) is 0 Å². The van der Waals surface area contributed by atoms with Crippen molar-refractivity contribution >= 4 is 23.7 Å². The number of nitrogens with zero attached hydrogens (tertiary/aromatic N) is 4. The average Bonchev–Trinajstić information content (AvgIpc) is 2.36. The Morgan fingerprint density at radius 1 is 0.727 bits per heavy atom. The maximum atomic E-state index is 11.7. The smallest absolute Gasteiger partial charge is 0.303 e.